The summed E-state index contributed by atoms with van der Waals surface area (Å²) in [7, 11) is 0. The maximum Gasteiger partial charge on any atom is 0.264 e. The molecule has 1 rings (SSSR count). The summed E-state index contributed by atoms with van der Waals surface area (Å²) in [5.74, 6) is 0. The van der Waals surface area contributed by atoms with Crippen molar-refractivity contribution in [3.63, 3.8) is 0 Å². The number of nitrogen functional groups attached to an aromatic ring is 2. The van der Waals surface area contributed by atoms with Gasteiger partial charge in [-0.1, -0.05) is 6.07 Å². The van der Waals surface area contributed by atoms with Gasteiger partial charge in [0.25, 0.3) is 6.43 Å². The van der Waals surface area contributed by atoms with Crippen molar-refractivity contribution in [2.24, 2.45) is 0 Å². The highest BCUT2D eigenvalue weighted by molar-refractivity contribution is 5.68. The Morgan fingerprint density at radius 2 is 1.83 bits per heavy atom. The van der Waals surface area contributed by atoms with E-state index in [4.69, 9.17) is 11.5 Å². The van der Waals surface area contributed by atoms with Gasteiger partial charge in [-0.05, 0) is 18.6 Å². The highest BCUT2D eigenvalue weighted by atomic mass is 19.3. The zero-order valence-electron chi connectivity index (χ0n) is 6.64. The Morgan fingerprint density at radius 1 is 1.25 bits per heavy atom. The maximum atomic E-state index is 12.2. The molecule has 66 valence electrons. The van der Waals surface area contributed by atoms with Crippen LogP contribution in [0.2, 0.25) is 0 Å². The van der Waals surface area contributed by atoms with Crippen molar-refractivity contribution in [3.8, 4) is 0 Å². The van der Waals surface area contributed by atoms with E-state index < -0.39 is 6.43 Å². The van der Waals surface area contributed by atoms with Crippen LogP contribution < -0.4 is 11.5 Å². The molecule has 4 N–H and O–H groups in total. The topological polar surface area (TPSA) is 52.0 Å². The first kappa shape index (κ1) is 8.77. The van der Waals surface area contributed by atoms with E-state index >= 15 is 0 Å². The zero-order valence-corrected chi connectivity index (χ0v) is 6.64. The smallest absolute Gasteiger partial charge is 0.264 e. The Bertz CT molecular complexity index is 297. The molecule has 0 aliphatic heterocycles. The van der Waals surface area contributed by atoms with Crippen LogP contribution >= 0.6 is 0 Å². The summed E-state index contributed by atoms with van der Waals surface area (Å²) >= 11 is 0. The standard InChI is InChI=1S/C8H10F2N2/c1-4-5(8(9)10)2-3-6(11)7(4)12/h2-3,8H,11-12H2,1H3. The highest BCUT2D eigenvalue weighted by Gasteiger charge is 2.12. The van der Waals surface area contributed by atoms with Gasteiger partial charge in [0.2, 0.25) is 0 Å². The lowest BCUT2D eigenvalue weighted by Crippen LogP contribution is -2.00. The number of benzene rings is 1. The van der Waals surface area contributed by atoms with Crippen LogP contribution in [-0.4, -0.2) is 0 Å². The Kier molecular flexibility index (Phi) is 2.17. The molecule has 0 saturated carbocycles. The van der Waals surface area contributed by atoms with Crippen molar-refractivity contribution in [2.75, 3.05) is 11.5 Å². The molecule has 1 aromatic rings. The van der Waals surface area contributed by atoms with E-state index in [1.54, 1.807) is 0 Å². The molecule has 0 atom stereocenters. The van der Waals surface area contributed by atoms with Crippen molar-refractivity contribution in [3.05, 3.63) is 23.3 Å². The number of hydrogen-bond donors (Lipinski definition) is 2. The van der Waals surface area contributed by atoms with Gasteiger partial charge in [-0.2, -0.15) is 0 Å². The first-order valence-electron chi connectivity index (χ1n) is 3.46. The van der Waals surface area contributed by atoms with Gasteiger partial charge in [-0.15, -0.1) is 0 Å². The predicted molar refractivity (Wildman–Crippen MR) is 45.0 cm³/mol. The van der Waals surface area contributed by atoms with Crippen molar-refractivity contribution in [2.45, 2.75) is 13.3 Å². The Hall–Kier alpha value is -1.32. The van der Waals surface area contributed by atoms with E-state index in [0.717, 1.165) is 0 Å². The summed E-state index contributed by atoms with van der Waals surface area (Å²) in [6.07, 6.45) is -2.49. The number of anilines is 2. The van der Waals surface area contributed by atoms with Gasteiger partial charge < -0.3 is 11.5 Å². The predicted octanol–water partition coefficient (Wildman–Crippen LogP) is 2.10. The first-order chi connectivity index (χ1) is 5.54. The molecule has 1 aromatic carbocycles. The monoisotopic (exact) mass is 172 g/mol. The van der Waals surface area contributed by atoms with Crippen LogP contribution in [0.25, 0.3) is 0 Å². The van der Waals surface area contributed by atoms with Gasteiger partial charge >= 0.3 is 0 Å². The zero-order chi connectivity index (χ0) is 9.30. The van der Waals surface area contributed by atoms with Crippen LogP contribution in [0.3, 0.4) is 0 Å². The average Bonchev–Trinajstić information content (AvgIpc) is 2.00. The molecule has 0 radical (unpaired) electrons. The van der Waals surface area contributed by atoms with Crippen LogP contribution in [0.4, 0.5) is 20.2 Å². The molecule has 0 aromatic heterocycles. The van der Waals surface area contributed by atoms with Crippen molar-refractivity contribution < 1.29 is 8.78 Å². The van der Waals surface area contributed by atoms with E-state index in [1.807, 2.05) is 0 Å². The largest absolute Gasteiger partial charge is 0.397 e. The van der Waals surface area contributed by atoms with Gasteiger partial charge in [0.15, 0.2) is 0 Å². The minimum absolute atomic E-state index is 0.0540. The fourth-order valence-corrected chi connectivity index (χ4v) is 1.00. The van der Waals surface area contributed by atoms with Crippen LogP contribution in [0.1, 0.15) is 17.6 Å². The van der Waals surface area contributed by atoms with E-state index in [-0.39, 0.29) is 11.3 Å². The van der Waals surface area contributed by atoms with Gasteiger partial charge in [-0.25, -0.2) is 8.78 Å². The van der Waals surface area contributed by atoms with E-state index in [0.29, 0.717) is 11.3 Å². The summed E-state index contributed by atoms with van der Waals surface area (Å²) in [6.45, 7) is 1.53. The molecule has 0 spiro atoms. The number of rotatable bonds is 1. The molecule has 0 fully saturated rings. The van der Waals surface area contributed by atoms with Crippen LogP contribution in [0, 0.1) is 6.92 Å². The van der Waals surface area contributed by atoms with E-state index in [9.17, 15) is 8.78 Å². The molecule has 0 bridgehead atoms. The number of hydrogen-bond acceptors (Lipinski definition) is 2. The molecule has 4 heteroatoms. The Labute approximate surface area is 69.2 Å². The maximum absolute atomic E-state index is 12.2. The lowest BCUT2D eigenvalue weighted by molar-refractivity contribution is 0.150. The number of alkyl halides is 2. The molecular formula is C8H10F2N2. The molecular weight excluding hydrogens is 162 g/mol. The molecule has 0 aliphatic carbocycles. The van der Waals surface area contributed by atoms with Gasteiger partial charge in [0.05, 0.1) is 11.4 Å². The van der Waals surface area contributed by atoms with Crippen LogP contribution in [0.5, 0.6) is 0 Å². The van der Waals surface area contributed by atoms with E-state index in [2.05, 4.69) is 0 Å². The molecule has 0 saturated heterocycles. The van der Waals surface area contributed by atoms with Crippen LogP contribution in [0.15, 0.2) is 12.1 Å². The Balaban J connectivity index is 3.27. The van der Waals surface area contributed by atoms with Crippen molar-refractivity contribution >= 4 is 11.4 Å². The average molecular weight is 172 g/mol. The SMILES string of the molecule is Cc1c(C(F)F)ccc(N)c1N. The molecule has 0 amide bonds. The normalized spacial score (nSPS) is 10.7. The summed E-state index contributed by atoms with van der Waals surface area (Å²) in [4.78, 5) is 0. The summed E-state index contributed by atoms with van der Waals surface area (Å²) in [6, 6.07) is 2.69. The second-order valence-corrected chi connectivity index (χ2v) is 2.58. The third-order valence-electron chi connectivity index (χ3n) is 1.83. The van der Waals surface area contributed by atoms with Gasteiger partial charge in [-0.3, -0.25) is 0 Å². The molecule has 0 unspecified atom stereocenters. The van der Waals surface area contributed by atoms with E-state index in [1.165, 1.54) is 19.1 Å². The fourth-order valence-electron chi connectivity index (χ4n) is 1.00. The Morgan fingerprint density at radius 3 is 2.33 bits per heavy atom. The van der Waals surface area contributed by atoms with Crippen molar-refractivity contribution in [1.29, 1.82) is 0 Å². The third kappa shape index (κ3) is 1.32. The minimum atomic E-state index is -2.49. The van der Waals surface area contributed by atoms with Gasteiger partial charge in [0.1, 0.15) is 0 Å². The third-order valence-corrected chi connectivity index (χ3v) is 1.83. The van der Waals surface area contributed by atoms with Crippen LogP contribution in [-0.2, 0) is 0 Å². The quantitative estimate of drug-likeness (QED) is 0.637. The second kappa shape index (κ2) is 2.97. The fraction of sp³-hybridized carbons (Fsp3) is 0.250. The number of halogens is 2. The first-order valence-corrected chi connectivity index (χ1v) is 3.46. The minimum Gasteiger partial charge on any atom is -0.397 e. The lowest BCUT2D eigenvalue weighted by atomic mass is 10.1. The number of nitrogens with two attached hydrogens (primary N) is 2. The summed E-state index contributed by atoms with van der Waals surface area (Å²) in [5.41, 5.74) is 11.8. The van der Waals surface area contributed by atoms with Gasteiger partial charge in [0, 0.05) is 5.56 Å². The molecule has 2 nitrogen and oxygen atoms in total. The highest BCUT2D eigenvalue weighted by Crippen LogP contribution is 2.29. The second-order valence-electron chi connectivity index (χ2n) is 2.58. The molecule has 12 heavy (non-hydrogen) atoms. The van der Waals surface area contributed by atoms with Crippen molar-refractivity contribution in [1.82, 2.24) is 0 Å². The summed E-state index contributed by atoms with van der Waals surface area (Å²) in [5, 5.41) is 0. The summed E-state index contributed by atoms with van der Waals surface area (Å²) < 4.78 is 24.5. The molecule has 0 aliphatic rings. The molecule has 0 heterocycles. The lowest BCUT2D eigenvalue weighted by Gasteiger charge is -2.09.